The third-order valence-corrected chi connectivity index (χ3v) is 2.46. The zero-order valence-electron chi connectivity index (χ0n) is 11.3. The molecule has 0 atom stereocenters. The predicted octanol–water partition coefficient (Wildman–Crippen LogP) is 3.77. The third-order valence-electron chi connectivity index (χ3n) is 2.46. The monoisotopic (exact) mass is 219 g/mol. The minimum absolute atomic E-state index is 0.189. The summed E-state index contributed by atoms with van der Waals surface area (Å²) in [5, 5.41) is 3.52. The molecule has 90 valence electrons. The average Bonchev–Trinajstić information content (AvgIpc) is 2.13. The van der Waals surface area contributed by atoms with E-state index in [-0.39, 0.29) is 5.54 Å². The van der Waals surface area contributed by atoms with Crippen molar-refractivity contribution in [1.29, 1.82) is 0 Å². The minimum Gasteiger partial charge on any atom is -0.308 e. The highest BCUT2D eigenvalue weighted by Crippen LogP contribution is 2.11. The Morgan fingerprint density at radius 1 is 1.12 bits per heavy atom. The summed E-state index contributed by atoms with van der Waals surface area (Å²) in [5.74, 6) is 0.728. The molecule has 1 nitrogen and oxygen atoms in total. The highest BCUT2D eigenvalue weighted by Gasteiger charge is 2.08. The second kappa shape index (κ2) is 5.49. The Bertz CT molecular complexity index is 320. The summed E-state index contributed by atoms with van der Waals surface area (Å²) in [6.07, 6.45) is 1.17. The number of hydrogen-bond donors (Lipinski definition) is 1. The van der Waals surface area contributed by atoms with E-state index in [2.05, 4.69) is 64.2 Å². The molecule has 0 bridgehead atoms. The van der Waals surface area contributed by atoms with Crippen molar-refractivity contribution in [2.75, 3.05) is 0 Å². The van der Waals surface area contributed by atoms with E-state index < -0.39 is 0 Å². The number of nitrogens with one attached hydrogen (secondary N) is 1. The molecule has 0 aliphatic carbocycles. The van der Waals surface area contributed by atoms with Crippen LogP contribution >= 0.6 is 0 Å². The Morgan fingerprint density at radius 2 is 1.75 bits per heavy atom. The van der Waals surface area contributed by atoms with E-state index in [4.69, 9.17) is 0 Å². The maximum absolute atomic E-state index is 3.52. The van der Waals surface area contributed by atoms with Crippen LogP contribution in [0.1, 0.15) is 45.7 Å². The summed E-state index contributed by atoms with van der Waals surface area (Å²) in [5.41, 5.74) is 3.02. The molecule has 1 aromatic carbocycles. The lowest BCUT2D eigenvalue weighted by molar-refractivity contribution is 0.424. The van der Waals surface area contributed by atoms with Gasteiger partial charge in [-0.15, -0.1) is 0 Å². The zero-order valence-corrected chi connectivity index (χ0v) is 11.3. The molecule has 0 saturated carbocycles. The first-order chi connectivity index (χ1) is 7.37. The molecular formula is C15H25N. The maximum atomic E-state index is 3.52. The van der Waals surface area contributed by atoms with Crippen molar-refractivity contribution in [2.24, 2.45) is 5.92 Å². The van der Waals surface area contributed by atoms with Crippen LogP contribution in [0.25, 0.3) is 0 Å². The lowest BCUT2D eigenvalue weighted by atomic mass is 10.0. The lowest BCUT2D eigenvalue weighted by Gasteiger charge is -2.20. The Kier molecular flexibility index (Phi) is 4.55. The molecule has 0 spiro atoms. The summed E-state index contributed by atoms with van der Waals surface area (Å²) in [4.78, 5) is 0. The molecule has 1 N–H and O–H groups in total. The van der Waals surface area contributed by atoms with E-state index in [1.54, 1.807) is 0 Å². The van der Waals surface area contributed by atoms with E-state index in [0.717, 1.165) is 12.5 Å². The van der Waals surface area contributed by atoms with Crippen molar-refractivity contribution in [3.8, 4) is 0 Å². The standard InChI is InChI=1S/C15H25N/c1-12(2)9-13-7-6-8-14(10-13)11-16-15(3,4)5/h6-8,10,12,16H,9,11H2,1-5H3. The largest absolute Gasteiger partial charge is 0.308 e. The van der Waals surface area contributed by atoms with E-state index >= 15 is 0 Å². The molecule has 0 unspecified atom stereocenters. The van der Waals surface area contributed by atoms with Gasteiger partial charge in [0.1, 0.15) is 0 Å². The van der Waals surface area contributed by atoms with Gasteiger partial charge in [0, 0.05) is 12.1 Å². The van der Waals surface area contributed by atoms with Gasteiger partial charge in [0.25, 0.3) is 0 Å². The highest BCUT2D eigenvalue weighted by molar-refractivity contribution is 5.23. The van der Waals surface area contributed by atoms with Gasteiger partial charge in [-0.3, -0.25) is 0 Å². The highest BCUT2D eigenvalue weighted by atomic mass is 14.9. The van der Waals surface area contributed by atoms with Crippen molar-refractivity contribution in [3.05, 3.63) is 35.4 Å². The van der Waals surface area contributed by atoms with Gasteiger partial charge in [0.15, 0.2) is 0 Å². The van der Waals surface area contributed by atoms with Crippen LogP contribution in [-0.2, 0) is 13.0 Å². The molecule has 0 fully saturated rings. The van der Waals surface area contributed by atoms with Crippen molar-refractivity contribution in [1.82, 2.24) is 5.32 Å². The molecule has 1 rings (SSSR count). The molecule has 0 heterocycles. The topological polar surface area (TPSA) is 12.0 Å². The van der Waals surface area contributed by atoms with Gasteiger partial charge in [-0.1, -0.05) is 38.1 Å². The van der Waals surface area contributed by atoms with Crippen LogP contribution in [-0.4, -0.2) is 5.54 Å². The van der Waals surface area contributed by atoms with E-state index in [0.29, 0.717) is 0 Å². The van der Waals surface area contributed by atoms with Gasteiger partial charge < -0.3 is 5.32 Å². The molecular weight excluding hydrogens is 194 g/mol. The molecule has 0 aliphatic rings. The quantitative estimate of drug-likeness (QED) is 0.812. The molecule has 0 radical (unpaired) electrons. The van der Waals surface area contributed by atoms with Gasteiger partial charge in [-0.2, -0.15) is 0 Å². The maximum Gasteiger partial charge on any atom is 0.0210 e. The van der Waals surface area contributed by atoms with Gasteiger partial charge in [-0.25, -0.2) is 0 Å². The van der Waals surface area contributed by atoms with Crippen molar-refractivity contribution >= 4 is 0 Å². The van der Waals surface area contributed by atoms with E-state index in [9.17, 15) is 0 Å². The Labute approximate surface area is 100 Å². The first kappa shape index (κ1) is 13.2. The Morgan fingerprint density at radius 3 is 2.31 bits per heavy atom. The van der Waals surface area contributed by atoms with Gasteiger partial charge in [-0.05, 0) is 44.2 Å². The third kappa shape index (κ3) is 5.32. The Balaban J connectivity index is 2.60. The van der Waals surface area contributed by atoms with Crippen LogP contribution < -0.4 is 5.32 Å². The van der Waals surface area contributed by atoms with Gasteiger partial charge in [0.05, 0.1) is 0 Å². The predicted molar refractivity (Wildman–Crippen MR) is 71.6 cm³/mol. The fraction of sp³-hybridized carbons (Fsp3) is 0.600. The zero-order chi connectivity index (χ0) is 12.2. The molecule has 0 amide bonds. The van der Waals surface area contributed by atoms with E-state index in [1.807, 2.05) is 0 Å². The number of benzene rings is 1. The summed E-state index contributed by atoms with van der Waals surface area (Å²) in [7, 11) is 0. The molecule has 16 heavy (non-hydrogen) atoms. The number of rotatable bonds is 4. The minimum atomic E-state index is 0.189. The van der Waals surface area contributed by atoms with Crippen LogP contribution in [0, 0.1) is 5.92 Å². The Hall–Kier alpha value is -0.820. The summed E-state index contributed by atoms with van der Waals surface area (Å²) >= 11 is 0. The smallest absolute Gasteiger partial charge is 0.0210 e. The van der Waals surface area contributed by atoms with Crippen LogP contribution in [0.4, 0.5) is 0 Å². The fourth-order valence-corrected chi connectivity index (χ4v) is 1.71. The second-order valence-electron chi connectivity index (χ2n) is 6.02. The fourth-order valence-electron chi connectivity index (χ4n) is 1.71. The van der Waals surface area contributed by atoms with Gasteiger partial charge in [0.2, 0.25) is 0 Å². The van der Waals surface area contributed by atoms with Gasteiger partial charge >= 0.3 is 0 Å². The summed E-state index contributed by atoms with van der Waals surface area (Å²) in [6, 6.07) is 8.90. The van der Waals surface area contributed by atoms with E-state index in [1.165, 1.54) is 17.5 Å². The van der Waals surface area contributed by atoms with Crippen molar-refractivity contribution < 1.29 is 0 Å². The normalized spacial score (nSPS) is 12.1. The van der Waals surface area contributed by atoms with Crippen LogP contribution in [0.2, 0.25) is 0 Å². The van der Waals surface area contributed by atoms with Crippen molar-refractivity contribution in [2.45, 2.75) is 53.1 Å². The first-order valence-corrected chi connectivity index (χ1v) is 6.19. The second-order valence-corrected chi connectivity index (χ2v) is 6.02. The SMILES string of the molecule is CC(C)Cc1cccc(CNC(C)(C)C)c1. The van der Waals surface area contributed by atoms with Crippen LogP contribution in [0.5, 0.6) is 0 Å². The molecule has 0 saturated heterocycles. The first-order valence-electron chi connectivity index (χ1n) is 6.19. The molecule has 1 aromatic rings. The molecule has 0 aromatic heterocycles. The average molecular weight is 219 g/mol. The summed E-state index contributed by atoms with van der Waals surface area (Å²) in [6.45, 7) is 12.1. The van der Waals surface area contributed by atoms with Crippen molar-refractivity contribution in [3.63, 3.8) is 0 Å². The van der Waals surface area contributed by atoms with Crippen LogP contribution in [0.3, 0.4) is 0 Å². The van der Waals surface area contributed by atoms with Crippen LogP contribution in [0.15, 0.2) is 24.3 Å². The lowest BCUT2D eigenvalue weighted by Crippen LogP contribution is -2.35. The molecule has 1 heteroatoms. The number of hydrogen-bond acceptors (Lipinski definition) is 1. The molecule has 0 aliphatic heterocycles. The summed E-state index contributed by atoms with van der Waals surface area (Å²) < 4.78 is 0.